The minimum Gasteiger partial charge on any atom is -0.342 e. The van der Waals surface area contributed by atoms with Crippen LogP contribution in [0.15, 0.2) is 29.0 Å². The zero-order valence-corrected chi connectivity index (χ0v) is 11.2. The number of halogens is 3. The lowest BCUT2D eigenvalue weighted by molar-refractivity contribution is 0.0741. The lowest BCUT2D eigenvalue weighted by atomic mass is 10.4. The molecule has 2 aromatic rings. The van der Waals surface area contributed by atoms with Crippen LogP contribution in [0.2, 0.25) is 5.02 Å². The second-order valence-electron chi connectivity index (χ2n) is 2.94. The van der Waals surface area contributed by atoms with E-state index in [1.807, 2.05) is 0 Å². The molecule has 2 heterocycles. The summed E-state index contributed by atoms with van der Waals surface area (Å²) in [5, 5.41) is 4.39. The number of rotatable bonds is 2. The summed E-state index contributed by atoms with van der Waals surface area (Å²) in [4.78, 5) is 15.5. The van der Waals surface area contributed by atoms with E-state index in [1.54, 1.807) is 12.1 Å². The molecule has 0 amide bonds. The lowest BCUT2D eigenvalue weighted by Gasteiger charge is -2.05. The van der Waals surface area contributed by atoms with Crippen LogP contribution in [0.4, 0.5) is 0 Å². The van der Waals surface area contributed by atoms with Crippen LogP contribution in [0.3, 0.4) is 0 Å². The Kier molecular flexibility index (Phi) is 3.66. The van der Waals surface area contributed by atoms with Gasteiger partial charge in [0.2, 0.25) is 0 Å². The highest BCUT2D eigenvalue weighted by molar-refractivity contribution is 9.10. The summed E-state index contributed by atoms with van der Waals surface area (Å²) in [5.41, 5.74) is 0.118. The van der Waals surface area contributed by atoms with Gasteiger partial charge < -0.3 is 4.29 Å². The molecule has 0 aliphatic heterocycles. The van der Waals surface area contributed by atoms with Gasteiger partial charge in [-0.25, -0.2) is 14.5 Å². The van der Waals surface area contributed by atoms with Crippen molar-refractivity contribution in [1.29, 1.82) is 0 Å². The van der Waals surface area contributed by atoms with E-state index in [9.17, 15) is 4.79 Å². The first-order chi connectivity index (χ1) is 8.13. The first-order valence-corrected chi connectivity index (χ1v) is 5.81. The van der Waals surface area contributed by atoms with Crippen molar-refractivity contribution in [3.8, 4) is 5.82 Å². The molecule has 8 heteroatoms. The minimum absolute atomic E-state index is 0.118. The molecule has 0 aliphatic rings. The normalized spacial score (nSPS) is 10.3. The standard InChI is InChI=1S/C9H4BrCl2N3O2/c10-7-4-6(9(16)17-12)15(14-7)8-5(11)2-1-3-13-8/h1-4H. The molecule has 0 aliphatic carbocycles. The van der Waals surface area contributed by atoms with Crippen molar-refractivity contribution in [3.05, 3.63) is 39.7 Å². The Morgan fingerprint density at radius 1 is 1.53 bits per heavy atom. The Morgan fingerprint density at radius 2 is 2.29 bits per heavy atom. The molecule has 0 saturated carbocycles. The van der Waals surface area contributed by atoms with Crippen LogP contribution in [0.1, 0.15) is 10.5 Å². The highest BCUT2D eigenvalue weighted by atomic mass is 79.9. The monoisotopic (exact) mass is 335 g/mol. The smallest absolute Gasteiger partial charge is 0.342 e. The molecule has 2 aromatic heterocycles. The van der Waals surface area contributed by atoms with Crippen LogP contribution in [0, 0.1) is 0 Å². The largest absolute Gasteiger partial charge is 0.375 e. The van der Waals surface area contributed by atoms with Crippen molar-refractivity contribution >= 4 is 45.4 Å². The summed E-state index contributed by atoms with van der Waals surface area (Å²) in [5.74, 6) is -0.427. The molecule has 0 unspecified atom stereocenters. The zero-order valence-electron chi connectivity index (χ0n) is 8.10. The van der Waals surface area contributed by atoms with Crippen molar-refractivity contribution in [2.24, 2.45) is 0 Å². The Bertz CT molecular complexity index is 573. The van der Waals surface area contributed by atoms with Gasteiger partial charge in [-0.3, -0.25) is 0 Å². The average molecular weight is 337 g/mol. The SMILES string of the molecule is O=C(OCl)c1cc(Br)nn1-c1ncccc1Cl. The lowest BCUT2D eigenvalue weighted by Crippen LogP contribution is -2.10. The van der Waals surface area contributed by atoms with E-state index < -0.39 is 5.97 Å². The maximum absolute atomic E-state index is 11.4. The quantitative estimate of drug-likeness (QED) is 0.846. The van der Waals surface area contributed by atoms with Crippen molar-refractivity contribution < 1.29 is 9.08 Å². The fraction of sp³-hybridized carbons (Fsp3) is 0. The molecule has 0 radical (unpaired) electrons. The van der Waals surface area contributed by atoms with Crippen molar-refractivity contribution in [1.82, 2.24) is 14.8 Å². The fourth-order valence-electron chi connectivity index (χ4n) is 1.23. The third-order valence-corrected chi connectivity index (χ3v) is 2.72. The average Bonchev–Trinajstić information content (AvgIpc) is 2.71. The van der Waals surface area contributed by atoms with Gasteiger partial charge in [-0.15, -0.1) is 0 Å². The Balaban J connectivity index is 2.60. The van der Waals surface area contributed by atoms with Gasteiger partial charge in [0.05, 0.1) is 5.02 Å². The number of nitrogens with zero attached hydrogens (tertiary/aromatic N) is 3. The van der Waals surface area contributed by atoms with E-state index in [-0.39, 0.29) is 5.69 Å². The molecule has 17 heavy (non-hydrogen) atoms. The summed E-state index contributed by atoms with van der Waals surface area (Å²) in [6.07, 6.45) is 1.53. The highest BCUT2D eigenvalue weighted by Crippen LogP contribution is 2.21. The van der Waals surface area contributed by atoms with Gasteiger partial charge in [-0.05, 0) is 28.1 Å². The van der Waals surface area contributed by atoms with E-state index in [0.29, 0.717) is 15.4 Å². The van der Waals surface area contributed by atoms with Crippen molar-refractivity contribution in [2.45, 2.75) is 0 Å². The maximum atomic E-state index is 11.4. The van der Waals surface area contributed by atoms with Crippen LogP contribution < -0.4 is 0 Å². The third-order valence-electron chi connectivity index (χ3n) is 1.90. The van der Waals surface area contributed by atoms with Crippen molar-refractivity contribution in [2.75, 3.05) is 0 Å². The number of hydrogen-bond acceptors (Lipinski definition) is 4. The third kappa shape index (κ3) is 2.43. The summed E-state index contributed by atoms with van der Waals surface area (Å²) in [6.45, 7) is 0. The number of carbonyl (C=O) groups is 1. The summed E-state index contributed by atoms with van der Waals surface area (Å²) in [6, 6.07) is 4.76. The second-order valence-corrected chi connectivity index (χ2v) is 4.31. The van der Waals surface area contributed by atoms with Gasteiger partial charge in [-0.1, -0.05) is 11.6 Å². The van der Waals surface area contributed by atoms with E-state index in [2.05, 4.69) is 30.3 Å². The Labute approximate surface area is 115 Å². The summed E-state index contributed by atoms with van der Waals surface area (Å²) in [7, 11) is 0. The molecular formula is C9H4BrCl2N3O2. The molecule has 0 N–H and O–H groups in total. The van der Waals surface area contributed by atoms with Gasteiger partial charge in [0.25, 0.3) is 0 Å². The highest BCUT2D eigenvalue weighted by Gasteiger charge is 2.19. The molecule has 0 spiro atoms. The minimum atomic E-state index is -0.744. The van der Waals surface area contributed by atoms with Crippen LogP contribution >= 0.6 is 39.4 Å². The summed E-state index contributed by atoms with van der Waals surface area (Å²) >= 11 is 14.1. The van der Waals surface area contributed by atoms with Crippen molar-refractivity contribution in [3.63, 3.8) is 0 Å². The van der Waals surface area contributed by atoms with Gasteiger partial charge in [0.15, 0.2) is 11.5 Å². The van der Waals surface area contributed by atoms with Crippen LogP contribution in [0.5, 0.6) is 0 Å². The van der Waals surface area contributed by atoms with Gasteiger partial charge >= 0.3 is 5.97 Å². The van der Waals surface area contributed by atoms with Crippen LogP contribution in [-0.2, 0) is 4.29 Å². The molecule has 0 bridgehead atoms. The van der Waals surface area contributed by atoms with E-state index in [4.69, 9.17) is 23.5 Å². The molecule has 0 saturated heterocycles. The number of aromatic nitrogens is 3. The van der Waals surface area contributed by atoms with Gasteiger partial charge in [-0.2, -0.15) is 5.10 Å². The van der Waals surface area contributed by atoms with E-state index in [0.717, 1.165) is 0 Å². The maximum Gasteiger partial charge on any atom is 0.375 e. The first kappa shape index (κ1) is 12.3. The molecular weight excluding hydrogens is 333 g/mol. The van der Waals surface area contributed by atoms with Gasteiger partial charge in [0, 0.05) is 12.3 Å². The van der Waals surface area contributed by atoms with Crippen LogP contribution in [0.25, 0.3) is 5.82 Å². The summed E-state index contributed by atoms with van der Waals surface area (Å²) < 4.78 is 5.82. The topological polar surface area (TPSA) is 57.0 Å². The van der Waals surface area contributed by atoms with Gasteiger partial charge in [0.1, 0.15) is 16.5 Å². The number of carbonyl (C=O) groups excluding carboxylic acids is 1. The predicted octanol–water partition coefficient (Wildman–Crippen LogP) is 2.99. The number of pyridine rings is 1. The molecule has 0 fully saturated rings. The van der Waals surface area contributed by atoms with Crippen LogP contribution in [-0.4, -0.2) is 20.7 Å². The Hall–Kier alpha value is -1.11. The molecule has 2 rings (SSSR count). The molecule has 5 nitrogen and oxygen atoms in total. The first-order valence-electron chi connectivity index (χ1n) is 4.33. The van der Waals surface area contributed by atoms with E-state index >= 15 is 0 Å². The molecule has 88 valence electrons. The number of hydrogen-bond donors (Lipinski definition) is 0. The Morgan fingerprint density at radius 3 is 2.94 bits per heavy atom. The van der Waals surface area contributed by atoms with E-state index in [1.165, 1.54) is 16.9 Å². The fourth-order valence-corrected chi connectivity index (χ4v) is 1.89. The molecule has 0 aromatic carbocycles. The second kappa shape index (κ2) is 5.03. The predicted molar refractivity (Wildman–Crippen MR) is 65.3 cm³/mol. The molecule has 0 atom stereocenters. The zero-order chi connectivity index (χ0) is 12.4.